The first-order valence-corrected chi connectivity index (χ1v) is 8.97. The minimum atomic E-state index is 0.215. The van der Waals surface area contributed by atoms with Crippen LogP contribution in [0.2, 0.25) is 0 Å². The van der Waals surface area contributed by atoms with Gasteiger partial charge < -0.3 is 19.7 Å². The summed E-state index contributed by atoms with van der Waals surface area (Å²) in [6, 6.07) is 15.2. The predicted molar refractivity (Wildman–Crippen MR) is 102 cm³/mol. The summed E-state index contributed by atoms with van der Waals surface area (Å²) in [5.41, 5.74) is 5.08. The molecule has 0 aliphatic carbocycles. The Bertz CT molecular complexity index is 696. The molecule has 0 spiro atoms. The summed E-state index contributed by atoms with van der Waals surface area (Å²) in [4.78, 5) is 2.42. The number of hydrogen-bond donors (Lipinski definition) is 1. The van der Waals surface area contributed by atoms with Crippen LogP contribution < -0.4 is 15.0 Å². The van der Waals surface area contributed by atoms with Crippen molar-refractivity contribution in [1.82, 2.24) is 5.32 Å². The molecule has 2 aromatic carbocycles. The second kappa shape index (κ2) is 8.37. The molecule has 134 valence electrons. The maximum atomic E-state index is 5.53. The number of anilines is 1. The van der Waals surface area contributed by atoms with Crippen molar-refractivity contribution in [3.63, 3.8) is 0 Å². The average molecular weight is 340 g/mol. The zero-order valence-electron chi connectivity index (χ0n) is 15.4. The molecule has 1 fully saturated rings. The van der Waals surface area contributed by atoms with Crippen LogP contribution in [-0.2, 0) is 11.3 Å². The second-order valence-electron chi connectivity index (χ2n) is 6.58. The van der Waals surface area contributed by atoms with E-state index in [1.165, 1.54) is 22.4 Å². The molecule has 2 aromatic rings. The fourth-order valence-corrected chi connectivity index (χ4v) is 3.34. The summed E-state index contributed by atoms with van der Waals surface area (Å²) in [6.07, 6.45) is 0. The van der Waals surface area contributed by atoms with Crippen molar-refractivity contribution in [2.24, 2.45) is 0 Å². The lowest BCUT2D eigenvalue weighted by atomic mass is 10.0. The van der Waals surface area contributed by atoms with Crippen molar-refractivity contribution in [1.29, 1.82) is 0 Å². The number of rotatable bonds is 6. The Morgan fingerprint density at radius 2 is 1.92 bits per heavy atom. The third-order valence-electron chi connectivity index (χ3n) is 4.79. The van der Waals surface area contributed by atoms with E-state index in [0.29, 0.717) is 0 Å². The molecule has 1 saturated heterocycles. The Labute approximate surface area is 150 Å². The molecule has 0 saturated carbocycles. The van der Waals surface area contributed by atoms with E-state index in [-0.39, 0.29) is 6.04 Å². The predicted octanol–water partition coefficient (Wildman–Crippen LogP) is 3.69. The van der Waals surface area contributed by atoms with Crippen LogP contribution in [0, 0.1) is 6.92 Å². The molecule has 0 aromatic heterocycles. The van der Waals surface area contributed by atoms with Crippen LogP contribution in [0.1, 0.15) is 29.7 Å². The topological polar surface area (TPSA) is 33.7 Å². The molecule has 25 heavy (non-hydrogen) atoms. The van der Waals surface area contributed by atoms with E-state index >= 15 is 0 Å². The van der Waals surface area contributed by atoms with Crippen LogP contribution in [-0.4, -0.2) is 33.4 Å². The van der Waals surface area contributed by atoms with E-state index in [2.05, 4.69) is 60.5 Å². The Kier molecular flexibility index (Phi) is 5.95. The van der Waals surface area contributed by atoms with Gasteiger partial charge in [0, 0.05) is 36.9 Å². The van der Waals surface area contributed by atoms with Crippen LogP contribution in [0.4, 0.5) is 5.69 Å². The van der Waals surface area contributed by atoms with Gasteiger partial charge in [0.15, 0.2) is 0 Å². The maximum Gasteiger partial charge on any atom is 0.123 e. The first-order chi connectivity index (χ1) is 12.2. The Balaban J connectivity index is 1.72. The molecule has 1 atom stereocenters. The van der Waals surface area contributed by atoms with Gasteiger partial charge in [0.05, 0.1) is 20.3 Å². The van der Waals surface area contributed by atoms with Crippen molar-refractivity contribution in [2.75, 3.05) is 38.3 Å². The van der Waals surface area contributed by atoms with Gasteiger partial charge in [-0.2, -0.15) is 0 Å². The summed E-state index contributed by atoms with van der Waals surface area (Å²) < 4.78 is 11.0. The van der Waals surface area contributed by atoms with Gasteiger partial charge in [0.1, 0.15) is 5.75 Å². The number of ether oxygens (including phenoxy) is 2. The van der Waals surface area contributed by atoms with Crippen LogP contribution >= 0.6 is 0 Å². The van der Waals surface area contributed by atoms with Crippen molar-refractivity contribution in [2.45, 2.75) is 26.4 Å². The van der Waals surface area contributed by atoms with E-state index in [0.717, 1.165) is 38.6 Å². The lowest BCUT2D eigenvalue weighted by Gasteiger charge is -2.31. The molecule has 4 nitrogen and oxygen atoms in total. The third kappa shape index (κ3) is 4.33. The van der Waals surface area contributed by atoms with Crippen molar-refractivity contribution >= 4 is 5.69 Å². The fourth-order valence-electron chi connectivity index (χ4n) is 3.34. The largest absolute Gasteiger partial charge is 0.496 e. The van der Waals surface area contributed by atoms with E-state index < -0.39 is 0 Å². The molecular formula is C21H28N2O2. The highest BCUT2D eigenvalue weighted by Gasteiger charge is 2.16. The van der Waals surface area contributed by atoms with Gasteiger partial charge >= 0.3 is 0 Å². The number of hydrogen-bond acceptors (Lipinski definition) is 4. The molecule has 0 amide bonds. The first kappa shape index (κ1) is 17.8. The molecule has 3 rings (SSSR count). The lowest BCUT2D eigenvalue weighted by molar-refractivity contribution is 0.122. The zero-order valence-corrected chi connectivity index (χ0v) is 15.4. The van der Waals surface area contributed by atoms with E-state index in [1.807, 2.05) is 6.07 Å². The van der Waals surface area contributed by atoms with Gasteiger partial charge in [-0.3, -0.25) is 0 Å². The second-order valence-corrected chi connectivity index (χ2v) is 6.58. The van der Waals surface area contributed by atoms with Crippen molar-refractivity contribution in [3.8, 4) is 5.75 Å². The summed E-state index contributed by atoms with van der Waals surface area (Å²) in [7, 11) is 1.73. The van der Waals surface area contributed by atoms with Crippen molar-refractivity contribution in [3.05, 3.63) is 59.2 Å². The Hall–Kier alpha value is -2.04. The van der Waals surface area contributed by atoms with Crippen LogP contribution in [0.25, 0.3) is 0 Å². The monoisotopic (exact) mass is 340 g/mol. The van der Waals surface area contributed by atoms with Crippen LogP contribution in [0.3, 0.4) is 0 Å². The minimum Gasteiger partial charge on any atom is -0.496 e. The normalized spacial score (nSPS) is 15.9. The summed E-state index contributed by atoms with van der Waals surface area (Å²) in [6.45, 7) is 8.65. The molecular weight excluding hydrogens is 312 g/mol. The first-order valence-electron chi connectivity index (χ1n) is 8.97. The highest BCUT2D eigenvalue weighted by molar-refractivity contribution is 5.54. The molecule has 0 unspecified atom stereocenters. The molecule has 0 bridgehead atoms. The zero-order chi connectivity index (χ0) is 17.6. The number of morpholine rings is 1. The van der Waals surface area contributed by atoms with Gasteiger partial charge in [-0.15, -0.1) is 0 Å². The minimum absolute atomic E-state index is 0.215. The summed E-state index contributed by atoms with van der Waals surface area (Å²) in [5, 5.41) is 3.66. The number of para-hydroxylation sites is 1. The fraction of sp³-hybridized carbons (Fsp3) is 0.429. The average Bonchev–Trinajstić information content (AvgIpc) is 2.67. The number of benzene rings is 2. The van der Waals surface area contributed by atoms with Gasteiger partial charge in [0.2, 0.25) is 0 Å². The van der Waals surface area contributed by atoms with Gasteiger partial charge in [-0.05, 0) is 31.5 Å². The van der Waals surface area contributed by atoms with E-state index in [4.69, 9.17) is 9.47 Å². The quantitative estimate of drug-likeness (QED) is 0.869. The SMILES string of the molecule is COc1ccc(C)cc1[C@H](C)NCc1ccccc1N1CCOCC1. The summed E-state index contributed by atoms with van der Waals surface area (Å²) in [5.74, 6) is 0.937. The smallest absolute Gasteiger partial charge is 0.123 e. The van der Waals surface area contributed by atoms with E-state index in [1.54, 1.807) is 7.11 Å². The molecule has 1 aliphatic rings. The van der Waals surface area contributed by atoms with Gasteiger partial charge in [-0.25, -0.2) is 0 Å². The molecule has 1 heterocycles. The number of aryl methyl sites for hydroxylation is 1. The van der Waals surface area contributed by atoms with Crippen LogP contribution in [0.15, 0.2) is 42.5 Å². The maximum absolute atomic E-state index is 5.53. The van der Waals surface area contributed by atoms with Crippen LogP contribution in [0.5, 0.6) is 5.75 Å². The Morgan fingerprint density at radius 3 is 2.68 bits per heavy atom. The Morgan fingerprint density at radius 1 is 1.16 bits per heavy atom. The lowest BCUT2D eigenvalue weighted by Crippen LogP contribution is -2.37. The molecule has 4 heteroatoms. The molecule has 0 radical (unpaired) electrons. The number of methoxy groups -OCH3 is 1. The molecule has 1 aliphatic heterocycles. The number of nitrogens with one attached hydrogen (secondary N) is 1. The van der Waals surface area contributed by atoms with E-state index in [9.17, 15) is 0 Å². The highest BCUT2D eigenvalue weighted by atomic mass is 16.5. The summed E-state index contributed by atoms with van der Waals surface area (Å²) >= 11 is 0. The van der Waals surface area contributed by atoms with Crippen molar-refractivity contribution < 1.29 is 9.47 Å². The number of nitrogens with zero attached hydrogens (tertiary/aromatic N) is 1. The standard InChI is InChI=1S/C21H28N2O2/c1-16-8-9-21(24-3)19(14-16)17(2)22-15-18-6-4-5-7-20(18)23-10-12-25-13-11-23/h4-9,14,17,22H,10-13,15H2,1-3H3/t17-/m0/s1. The highest BCUT2D eigenvalue weighted by Crippen LogP contribution is 2.27. The van der Waals surface area contributed by atoms with Gasteiger partial charge in [0.25, 0.3) is 0 Å². The third-order valence-corrected chi connectivity index (χ3v) is 4.79. The van der Waals surface area contributed by atoms with Gasteiger partial charge in [-0.1, -0.05) is 35.9 Å². The molecule has 1 N–H and O–H groups in total.